The highest BCUT2D eigenvalue weighted by molar-refractivity contribution is 6.49. The third-order valence-corrected chi connectivity index (χ3v) is 2.77. The third-order valence-electron chi connectivity index (χ3n) is 1.90. The van der Waals surface area contributed by atoms with E-state index in [-0.39, 0.29) is 0 Å². The zero-order valence-electron chi connectivity index (χ0n) is 7.52. The summed E-state index contributed by atoms with van der Waals surface area (Å²) in [5, 5.41) is 17.5. The van der Waals surface area contributed by atoms with Crippen molar-refractivity contribution < 1.29 is 9.90 Å². The first kappa shape index (κ1) is 11.8. The van der Waals surface area contributed by atoms with Gasteiger partial charge in [0.15, 0.2) is 10.3 Å². The summed E-state index contributed by atoms with van der Waals surface area (Å²) in [4.78, 5) is 10.8. The maximum absolute atomic E-state index is 10.8. The minimum Gasteiger partial charge on any atom is -0.480 e. The van der Waals surface area contributed by atoms with E-state index in [0.717, 1.165) is 0 Å². The molecule has 0 amide bonds. The first-order chi connectivity index (χ1) is 7.00. The number of hydrogen-bond donors (Lipinski definition) is 1. The Morgan fingerprint density at radius 2 is 1.93 bits per heavy atom. The first-order valence-electron chi connectivity index (χ1n) is 4.06. The molecule has 1 N–H and O–H groups in total. The van der Waals surface area contributed by atoms with Gasteiger partial charge in [-0.2, -0.15) is 5.26 Å². The maximum Gasteiger partial charge on any atom is 0.324 e. The van der Waals surface area contributed by atoms with Crippen LogP contribution >= 0.6 is 23.2 Å². The molecule has 78 valence electrons. The van der Waals surface area contributed by atoms with Gasteiger partial charge in [-0.15, -0.1) is 0 Å². The largest absolute Gasteiger partial charge is 0.480 e. The summed E-state index contributed by atoms with van der Waals surface area (Å²) in [5.74, 6) is -2.84. The predicted molar refractivity (Wildman–Crippen MR) is 56.6 cm³/mol. The fourth-order valence-corrected chi connectivity index (χ4v) is 1.65. The van der Waals surface area contributed by atoms with E-state index in [4.69, 9.17) is 33.6 Å². The maximum atomic E-state index is 10.8. The number of nitriles is 1. The van der Waals surface area contributed by atoms with E-state index in [9.17, 15) is 4.79 Å². The molecule has 1 aromatic carbocycles. The fraction of sp³-hybridized carbons (Fsp3) is 0.200. The summed E-state index contributed by atoms with van der Waals surface area (Å²) in [6.07, 6.45) is 0. The first-order valence-corrected chi connectivity index (χ1v) is 4.81. The van der Waals surface area contributed by atoms with Crippen LogP contribution in [-0.4, -0.2) is 11.1 Å². The standard InChI is InChI=1S/C10H7Cl2NO2/c11-10(12,8(6-13)9(14)15)7-4-2-1-3-5-7/h1-5,8H,(H,14,15). The van der Waals surface area contributed by atoms with Crippen molar-refractivity contribution >= 4 is 29.2 Å². The van der Waals surface area contributed by atoms with Crippen LogP contribution in [-0.2, 0) is 9.13 Å². The molecule has 0 saturated heterocycles. The van der Waals surface area contributed by atoms with Gasteiger partial charge in [0.05, 0.1) is 6.07 Å². The predicted octanol–water partition coefficient (Wildman–Crippen LogP) is 2.54. The van der Waals surface area contributed by atoms with Crippen molar-refractivity contribution in [3.05, 3.63) is 35.9 Å². The summed E-state index contributed by atoms with van der Waals surface area (Å²) < 4.78 is -1.73. The zero-order valence-corrected chi connectivity index (χ0v) is 9.03. The Labute approximate surface area is 96.8 Å². The summed E-state index contributed by atoms with van der Waals surface area (Å²) in [5.41, 5.74) is 0.391. The molecule has 0 radical (unpaired) electrons. The number of carbonyl (C=O) groups is 1. The van der Waals surface area contributed by atoms with Crippen molar-refractivity contribution in [2.45, 2.75) is 4.33 Å². The summed E-state index contributed by atoms with van der Waals surface area (Å²) >= 11 is 11.8. The van der Waals surface area contributed by atoms with Gasteiger partial charge in [-0.3, -0.25) is 4.79 Å². The smallest absolute Gasteiger partial charge is 0.324 e. The van der Waals surface area contributed by atoms with Crippen molar-refractivity contribution in [3.8, 4) is 6.07 Å². The fourth-order valence-electron chi connectivity index (χ4n) is 1.12. The molecule has 0 aliphatic carbocycles. The highest BCUT2D eigenvalue weighted by Crippen LogP contribution is 2.41. The highest BCUT2D eigenvalue weighted by Gasteiger charge is 2.42. The Hall–Kier alpha value is -1.24. The van der Waals surface area contributed by atoms with E-state index in [1.165, 1.54) is 0 Å². The van der Waals surface area contributed by atoms with E-state index in [0.29, 0.717) is 5.56 Å². The van der Waals surface area contributed by atoms with Crippen LogP contribution in [0.15, 0.2) is 30.3 Å². The van der Waals surface area contributed by atoms with Crippen LogP contribution in [0.3, 0.4) is 0 Å². The van der Waals surface area contributed by atoms with E-state index >= 15 is 0 Å². The molecule has 1 atom stereocenters. The Kier molecular flexibility index (Phi) is 3.57. The van der Waals surface area contributed by atoms with Gasteiger partial charge in [-0.25, -0.2) is 0 Å². The lowest BCUT2D eigenvalue weighted by Gasteiger charge is -2.21. The monoisotopic (exact) mass is 243 g/mol. The van der Waals surface area contributed by atoms with Gasteiger partial charge >= 0.3 is 5.97 Å². The van der Waals surface area contributed by atoms with Gasteiger partial charge in [-0.05, 0) is 5.56 Å². The second-order valence-electron chi connectivity index (χ2n) is 2.89. The van der Waals surface area contributed by atoms with Crippen LogP contribution in [0.1, 0.15) is 5.56 Å². The number of carboxylic acid groups (broad SMARTS) is 1. The normalized spacial score (nSPS) is 12.9. The average molecular weight is 244 g/mol. The quantitative estimate of drug-likeness (QED) is 0.831. The molecule has 15 heavy (non-hydrogen) atoms. The van der Waals surface area contributed by atoms with Crippen molar-refractivity contribution in [1.29, 1.82) is 5.26 Å². The van der Waals surface area contributed by atoms with Crippen molar-refractivity contribution in [1.82, 2.24) is 0 Å². The van der Waals surface area contributed by atoms with Gasteiger partial charge in [0, 0.05) is 0 Å². The number of nitrogens with zero attached hydrogens (tertiary/aromatic N) is 1. The topological polar surface area (TPSA) is 61.1 Å². The lowest BCUT2D eigenvalue weighted by Crippen LogP contribution is -2.29. The molecule has 3 nitrogen and oxygen atoms in total. The SMILES string of the molecule is N#CC(C(=O)O)C(Cl)(Cl)c1ccccc1. The van der Waals surface area contributed by atoms with E-state index in [1.807, 2.05) is 0 Å². The number of alkyl halides is 2. The molecular weight excluding hydrogens is 237 g/mol. The molecule has 0 heterocycles. The molecule has 0 fully saturated rings. The molecule has 0 spiro atoms. The van der Waals surface area contributed by atoms with Crippen molar-refractivity contribution in [2.75, 3.05) is 0 Å². The van der Waals surface area contributed by atoms with Crippen LogP contribution in [0.2, 0.25) is 0 Å². The Balaban J connectivity index is 3.13. The second-order valence-corrected chi connectivity index (χ2v) is 4.28. The highest BCUT2D eigenvalue weighted by atomic mass is 35.5. The molecule has 0 aromatic heterocycles. The Bertz CT molecular complexity index is 398. The molecule has 0 aliphatic rings. The van der Waals surface area contributed by atoms with Crippen LogP contribution in [0.25, 0.3) is 0 Å². The van der Waals surface area contributed by atoms with Crippen LogP contribution in [0.5, 0.6) is 0 Å². The van der Waals surface area contributed by atoms with Crippen LogP contribution in [0.4, 0.5) is 0 Å². The van der Waals surface area contributed by atoms with E-state index in [1.54, 1.807) is 36.4 Å². The Morgan fingerprint density at radius 1 is 1.40 bits per heavy atom. The molecule has 1 rings (SSSR count). The van der Waals surface area contributed by atoms with Crippen LogP contribution < -0.4 is 0 Å². The number of hydrogen-bond acceptors (Lipinski definition) is 2. The van der Waals surface area contributed by atoms with Crippen molar-refractivity contribution in [3.63, 3.8) is 0 Å². The van der Waals surface area contributed by atoms with Crippen LogP contribution in [0, 0.1) is 17.2 Å². The van der Waals surface area contributed by atoms with Gasteiger partial charge in [0.25, 0.3) is 0 Å². The average Bonchev–Trinajstić information content (AvgIpc) is 2.19. The number of benzene rings is 1. The lowest BCUT2D eigenvalue weighted by molar-refractivity contribution is -0.140. The summed E-state index contributed by atoms with van der Waals surface area (Å²) in [7, 11) is 0. The Morgan fingerprint density at radius 3 is 2.33 bits per heavy atom. The summed E-state index contributed by atoms with van der Waals surface area (Å²) in [6.45, 7) is 0. The van der Waals surface area contributed by atoms with Gasteiger partial charge in [0.2, 0.25) is 0 Å². The molecule has 0 aliphatic heterocycles. The molecule has 1 aromatic rings. The minimum atomic E-state index is -1.73. The van der Waals surface area contributed by atoms with E-state index < -0.39 is 16.2 Å². The molecular formula is C10H7Cl2NO2. The lowest BCUT2D eigenvalue weighted by atomic mass is 9.99. The summed E-state index contributed by atoms with van der Waals surface area (Å²) in [6, 6.07) is 9.82. The number of aliphatic carboxylic acids is 1. The van der Waals surface area contributed by atoms with Gasteiger partial charge in [0.1, 0.15) is 0 Å². The number of carboxylic acids is 1. The number of rotatable bonds is 3. The molecule has 0 bridgehead atoms. The third kappa shape index (κ3) is 2.41. The van der Waals surface area contributed by atoms with Gasteiger partial charge < -0.3 is 5.11 Å². The molecule has 1 unspecified atom stereocenters. The molecule has 5 heteroatoms. The number of halogens is 2. The second kappa shape index (κ2) is 4.52. The van der Waals surface area contributed by atoms with Crippen molar-refractivity contribution in [2.24, 2.45) is 5.92 Å². The molecule has 0 saturated carbocycles. The zero-order chi connectivity index (χ0) is 11.5. The minimum absolute atomic E-state index is 0.391. The van der Waals surface area contributed by atoms with Gasteiger partial charge in [-0.1, -0.05) is 53.5 Å². The van der Waals surface area contributed by atoms with E-state index in [2.05, 4.69) is 0 Å².